The van der Waals surface area contributed by atoms with Crippen molar-refractivity contribution in [2.45, 2.75) is 18.9 Å². The number of methoxy groups -OCH3 is 1. The molecule has 7 nitrogen and oxygen atoms in total. The molecule has 146 valence electrons. The molecule has 0 bridgehead atoms. The van der Waals surface area contributed by atoms with Crippen molar-refractivity contribution in [3.05, 3.63) is 53.6 Å². The van der Waals surface area contributed by atoms with E-state index in [0.717, 1.165) is 11.3 Å². The highest BCUT2D eigenvalue weighted by Gasteiger charge is 2.27. The van der Waals surface area contributed by atoms with E-state index in [0.29, 0.717) is 23.5 Å². The van der Waals surface area contributed by atoms with Gasteiger partial charge in [0, 0.05) is 6.54 Å². The zero-order valence-corrected chi connectivity index (χ0v) is 16.1. The largest absolute Gasteiger partial charge is 0.497 e. The SMILES string of the molecule is COc1ccc(CCS(=O)(=O)NCC(C)(O)c2ccc3c(c2)OCO3)cc1. The van der Waals surface area contributed by atoms with Gasteiger partial charge in [0.1, 0.15) is 11.4 Å². The Morgan fingerprint density at radius 3 is 2.56 bits per heavy atom. The summed E-state index contributed by atoms with van der Waals surface area (Å²) in [5.74, 6) is 1.79. The molecule has 2 aromatic rings. The Kier molecular flexibility index (Phi) is 5.59. The lowest BCUT2D eigenvalue weighted by Gasteiger charge is -2.24. The Hall–Kier alpha value is -2.29. The maximum Gasteiger partial charge on any atom is 0.231 e. The molecule has 0 amide bonds. The van der Waals surface area contributed by atoms with Gasteiger partial charge in [-0.1, -0.05) is 18.2 Å². The number of benzene rings is 2. The molecular formula is C19H23NO6S. The maximum atomic E-state index is 12.3. The van der Waals surface area contributed by atoms with Gasteiger partial charge in [0.15, 0.2) is 11.5 Å². The molecule has 0 radical (unpaired) electrons. The summed E-state index contributed by atoms with van der Waals surface area (Å²) in [5.41, 5.74) is 0.0575. The highest BCUT2D eigenvalue weighted by Crippen LogP contribution is 2.35. The number of aliphatic hydroxyl groups is 1. The van der Waals surface area contributed by atoms with Crippen molar-refractivity contribution in [2.75, 3.05) is 26.2 Å². The Balaban J connectivity index is 1.58. The van der Waals surface area contributed by atoms with E-state index in [-0.39, 0.29) is 19.1 Å². The van der Waals surface area contributed by atoms with E-state index in [2.05, 4.69) is 4.72 Å². The van der Waals surface area contributed by atoms with Crippen molar-refractivity contribution in [2.24, 2.45) is 0 Å². The monoisotopic (exact) mass is 393 g/mol. The molecule has 1 heterocycles. The van der Waals surface area contributed by atoms with Gasteiger partial charge in [-0.15, -0.1) is 0 Å². The number of rotatable bonds is 8. The van der Waals surface area contributed by atoms with Gasteiger partial charge in [0.05, 0.1) is 12.9 Å². The van der Waals surface area contributed by atoms with Crippen molar-refractivity contribution in [1.82, 2.24) is 4.72 Å². The smallest absolute Gasteiger partial charge is 0.231 e. The molecule has 0 aromatic heterocycles. The summed E-state index contributed by atoms with van der Waals surface area (Å²) in [5, 5.41) is 10.7. The molecule has 1 aliphatic rings. The van der Waals surface area contributed by atoms with Crippen molar-refractivity contribution in [3.63, 3.8) is 0 Å². The summed E-state index contributed by atoms with van der Waals surface area (Å²) in [6.45, 7) is 1.55. The lowest BCUT2D eigenvalue weighted by atomic mass is 9.96. The molecule has 1 atom stereocenters. The lowest BCUT2D eigenvalue weighted by molar-refractivity contribution is 0.0625. The maximum absolute atomic E-state index is 12.3. The molecule has 2 aromatic carbocycles. The molecule has 2 N–H and O–H groups in total. The fraction of sp³-hybridized carbons (Fsp3) is 0.368. The fourth-order valence-electron chi connectivity index (χ4n) is 2.70. The van der Waals surface area contributed by atoms with Crippen LogP contribution in [-0.2, 0) is 22.0 Å². The normalized spacial score (nSPS) is 15.4. The molecular weight excluding hydrogens is 370 g/mol. The van der Waals surface area contributed by atoms with Crippen LogP contribution < -0.4 is 18.9 Å². The highest BCUT2D eigenvalue weighted by atomic mass is 32.2. The third kappa shape index (κ3) is 4.91. The van der Waals surface area contributed by atoms with Crippen molar-refractivity contribution >= 4 is 10.0 Å². The Labute approximate surface area is 158 Å². The third-order valence-corrected chi connectivity index (χ3v) is 5.78. The summed E-state index contributed by atoms with van der Waals surface area (Å²) in [6.07, 6.45) is 0.367. The second-order valence-electron chi connectivity index (χ2n) is 6.58. The van der Waals surface area contributed by atoms with Crippen molar-refractivity contribution in [1.29, 1.82) is 0 Å². The fourth-order valence-corrected chi connectivity index (χ4v) is 3.85. The number of nitrogens with one attached hydrogen (secondary N) is 1. The van der Waals surface area contributed by atoms with Crippen molar-refractivity contribution < 1.29 is 27.7 Å². The highest BCUT2D eigenvalue weighted by molar-refractivity contribution is 7.89. The van der Waals surface area contributed by atoms with Gasteiger partial charge in [-0.05, 0) is 48.7 Å². The first-order valence-electron chi connectivity index (χ1n) is 8.52. The summed E-state index contributed by atoms with van der Waals surface area (Å²) >= 11 is 0. The van der Waals surface area contributed by atoms with E-state index < -0.39 is 15.6 Å². The van der Waals surface area contributed by atoms with Crippen LogP contribution in [0.3, 0.4) is 0 Å². The second kappa shape index (κ2) is 7.75. The van der Waals surface area contributed by atoms with Crippen LogP contribution in [0.2, 0.25) is 0 Å². The van der Waals surface area contributed by atoms with Gasteiger partial charge in [-0.2, -0.15) is 0 Å². The number of fused-ring (bicyclic) bond motifs is 1. The van der Waals surface area contributed by atoms with Crippen LogP contribution in [0.4, 0.5) is 0 Å². The third-order valence-electron chi connectivity index (χ3n) is 4.45. The predicted molar refractivity (Wildman–Crippen MR) is 101 cm³/mol. The van der Waals surface area contributed by atoms with Gasteiger partial charge >= 0.3 is 0 Å². The minimum atomic E-state index is -3.55. The van der Waals surface area contributed by atoms with Gasteiger partial charge in [-0.3, -0.25) is 0 Å². The number of sulfonamides is 1. The topological polar surface area (TPSA) is 94.1 Å². The van der Waals surface area contributed by atoms with Crippen LogP contribution in [-0.4, -0.2) is 39.7 Å². The summed E-state index contributed by atoms with van der Waals surface area (Å²) in [7, 11) is -1.97. The molecule has 3 rings (SSSR count). The Bertz CT molecular complexity index is 893. The molecule has 8 heteroatoms. The second-order valence-corrected chi connectivity index (χ2v) is 8.51. The molecule has 1 aliphatic heterocycles. The van der Waals surface area contributed by atoms with Crippen LogP contribution in [0, 0.1) is 0 Å². The predicted octanol–water partition coefficient (Wildman–Crippen LogP) is 1.79. The number of hydrogen-bond donors (Lipinski definition) is 2. The molecule has 27 heavy (non-hydrogen) atoms. The molecule has 1 unspecified atom stereocenters. The Morgan fingerprint density at radius 1 is 1.15 bits per heavy atom. The van der Waals surface area contributed by atoms with E-state index in [1.807, 2.05) is 12.1 Å². The van der Waals surface area contributed by atoms with Crippen LogP contribution in [0.5, 0.6) is 17.2 Å². The minimum absolute atomic E-state index is 0.0729. The van der Waals surface area contributed by atoms with Gasteiger partial charge in [-0.25, -0.2) is 13.1 Å². The summed E-state index contributed by atoms with van der Waals surface area (Å²) in [4.78, 5) is 0. The first kappa shape index (κ1) is 19.5. The van der Waals surface area contributed by atoms with E-state index in [4.69, 9.17) is 14.2 Å². The molecule has 0 saturated heterocycles. The zero-order chi connectivity index (χ0) is 19.5. The number of aryl methyl sites for hydroxylation is 1. The summed E-state index contributed by atoms with van der Waals surface area (Å²) < 4.78 is 42.7. The summed E-state index contributed by atoms with van der Waals surface area (Å²) in [6, 6.07) is 12.3. The average Bonchev–Trinajstić information content (AvgIpc) is 3.13. The van der Waals surface area contributed by atoms with Crippen LogP contribution in [0.25, 0.3) is 0 Å². The van der Waals surface area contributed by atoms with Crippen LogP contribution in [0.1, 0.15) is 18.1 Å². The molecule has 0 saturated carbocycles. The standard InChI is InChI=1S/C19H23NO6S/c1-19(21,15-5-8-17-18(11-15)26-13-25-17)12-20-27(22,23)10-9-14-3-6-16(24-2)7-4-14/h3-8,11,20-21H,9-10,12-13H2,1-2H3. The molecule has 0 fully saturated rings. The van der Waals surface area contributed by atoms with E-state index in [9.17, 15) is 13.5 Å². The van der Waals surface area contributed by atoms with E-state index in [1.54, 1.807) is 44.4 Å². The Morgan fingerprint density at radius 2 is 1.85 bits per heavy atom. The first-order chi connectivity index (χ1) is 12.8. The zero-order valence-electron chi connectivity index (χ0n) is 15.3. The van der Waals surface area contributed by atoms with E-state index >= 15 is 0 Å². The minimum Gasteiger partial charge on any atom is -0.497 e. The first-order valence-corrected chi connectivity index (χ1v) is 10.2. The lowest BCUT2D eigenvalue weighted by Crippen LogP contribution is -2.39. The molecule has 0 aliphatic carbocycles. The molecule has 0 spiro atoms. The number of ether oxygens (including phenoxy) is 3. The van der Waals surface area contributed by atoms with Crippen molar-refractivity contribution in [3.8, 4) is 17.2 Å². The average molecular weight is 393 g/mol. The van der Waals surface area contributed by atoms with Crippen LogP contribution >= 0.6 is 0 Å². The van der Waals surface area contributed by atoms with Crippen LogP contribution in [0.15, 0.2) is 42.5 Å². The number of hydrogen-bond acceptors (Lipinski definition) is 6. The van der Waals surface area contributed by atoms with Gasteiger partial charge < -0.3 is 19.3 Å². The van der Waals surface area contributed by atoms with Gasteiger partial charge in [0.25, 0.3) is 0 Å². The van der Waals surface area contributed by atoms with E-state index in [1.165, 1.54) is 0 Å². The quantitative estimate of drug-likeness (QED) is 0.710. The van der Waals surface area contributed by atoms with Gasteiger partial charge in [0.2, 0.25) is 16.8 Å².